The molecule has 0 saturated carbocycles. The quantitative estimate of drug-likeness (QED) is 0.480. The Kier molecular flexibility index (Phi) is 6.11. The van der Waals surface area contributed by atoms with Crippen molar-refractivity contribution in [2.24, 2.45) is 5.10 Å². The fourth-order valence-electron chi connectivity index (χ4n) is 1.63. The molecule has 124 valence electrons. The van der Waals surface area contributed by atoms with Gasteiger partial charge in [0, 0.05) is 22.7 Å². The van der Waals surface area contributed by atoms with Gasteiger partial charge in [0.25, 0.3) is 11.6 Å². The molecule has 0 heterocycles. The first-order valence-electron chi connectivity index (χ1n) is 6.60. The van der Waals surface area contributed by atoms with Crippen LogP contribution in [0.5, 0.6) is 5.75 Å². The van der Waals surface area contributed by atoms with Crippen molar-refractivity contribution in [2.45, 2.75) is 0 Å². The molecule has 0 saturated heterocycles. The molecule has 0 atom stereocenters. The number of nitrogens with one attached hydrogen (secondary N) is 1. The summed E-state index contributed by atoms with van der Waals surface area (Å²) in [6.07, 6.45) is 1.38. The molecular formula is C15H11Cl2N3O4. The number of carbonyl (C=O) groups excluding carboxylic acids is 1. The zero-order chi connectivity index (χ0) is 17.5. The average molecular weight is 368 g/mol. The Hall–Kier alpha value is -2.64. The summed E-state index contributed by atoms with van der Waals surface area (Å²) in [7, 11) is 0. The molecular weight excluding hydrogens is 357 g/mol. The van der Waals surface area contributed by atoms with E-state index in [0.717, 1.165) is 0 Å². The minimum Gasteiger partial charge on any atom is -0.484 e. The molecule has 24 heavy (non-hydrogen) atoms. The summed E-state index contributed by atoms with van der Waals surface area (Å²) >= 11 is 11.7. The number of hydrogen-bond donors (Lipinski definition) is 1. The molecule has 0 aliphatic heterocycles. The third kappa shape index (κ3) is 5.22. The molecule has 0 unspecified atom stereocenters. The summed E-state index contributed by atoms with van der Waals surface area (Å²) in [5.41, 5.74) is 2.81. The molecule has 0 aromatic heterocycles. The van der Waals surface area contributed by atoms with Gasteiger partial charge in [0.05, 0.1) is 16.2 Å². The molecule has 2 aromatic rings. The number of nitro benzene ring substituents is 1. The Morgan fingerprint density at radius 3 is 2.58 bits per heavy atom. The lowest BCUT2D eigenvalue weighted by Gasteiger charge is -2.04. The van der Waals surface area contributed by atoms with Crippen LogP contribution in [0.25, 0.3) is 0 Å². The van der Waals surface area contributed by atoms with Crippen molar-refractivity contribution in [2.75, 3.05) is 6.61 Å². The van der Waals surface area contributed by atoms with E-state index in [-0.39, 0.29) is 12.3 Å². The van der Waals surface area contributed by atoms with Crippen molar-refractivity contribution in [1.29, 1.82) is 0 Å². The highest BCUT2D eigenvalue weighted by molar-refractivity contribution is 6.36. The number of nitro groups is 1. The molecule has 9 heteroatoms. The van der Waals surface area contributed by atoms with E-state index in [1.165, 1.54) is 30.5 Å². The zero-order valence-electron chi connectivity index (χ0n) is 12.1. The van der Waals surface area contributed by atoms with Gasteiger partial charge in [-0.1, -0.05) is 29.3 Å². The number of halogens is 2. The smallest absolute Gasteiger partial charge is 0.277 e. The van der Waals surface area contributed by atoms with Crippen LogP contribution in [0.15, 0.2) is 47.6 Å². The monoisotopic (exact) mass is 367 g/mol. The van der Waals surface area contributed by atoms with Crippen molar-refractivity contribution in [3.05, 3.63) is 68.2 Å². The first-order chi connectivity index (χ1) is 11.5. The molecule has 7 nitrogen and oxygen atoms in total. The van der Waals surface area contributed by atoms with E-state index in [2.05, 4.69) is 10.5 Å². The van der Waals surface area contributed by atoms with Gasteiger partial charge in [0.15, 0.2) is 6.61 Å². The SMILES string of the molecule is O=C(COc1ccc([N+](=O)[O-])cc1)N/N=C/c1ccc(Cl)cc1Cl. The normalized spacial score (nSPS) is 10.6. The minimum atomic E-state index is -0.521. The molecule has 2 aromatic carbocycles. The summed E-state index contributed by atoms with van der Waals surface area (Å²) in [6, 6.07) is 10.2. The number of rotatable bonds is 6. The average Bonchev–Trinajstić information content (AvgIpc) is 2.55. The fraction of sp³-hybridized carbons (Fsp3) is 0.0667. The Morgan fingerprint density at radius 2 is 1.96 bits per heavy atom. The van der Waals surface area contributed by atoms with Crippen LogP contribution in [-0.4, -0.2) is 23.7 Å². The maximum Gasteiger partial charge on any atom is 0.277 e. The summed E-state index contributed by atoms with van der Waals surface area (Å²) in [5, 5.41) is 15.2. The number of hydrogen-bond acceptors (Lipinski definition) is 5. The van der Waals surface area contributed by atoms with Gasteiger partial charge < -0.3 is 4.74 Å². The first kappa shape index (κ1) is 17.7. The zero-order valence-corrected chi connectivity index (χ0v) is 13.6. The van der Waals surface area contributed by atoms with E-state index >= 15 is 0 Å². The van der Waals surface area contributed by atoms with Gasteiger partial charge in [-0.3, -0.25) is 14.9 Å². The van der Waals surface area contributed by atoms with Crippen LogP contribution in [0, 0.1) is 10.1 Å². The molecule has 0 bridgehead atoms. The van der Waals surface area contributed by atoms with Crippen LogP contribution in [-0.2, 0) is 4.79 Å². The van der Waals surface area contributed by atoms with Crippen LogP contribution >= 0.6 is 23.2 Å². The third-order valence-electron chi connectivity index (χ3n) is 2.77. The van der Waals surface area contributed by atoms with E-state index in [1.54, 1.807) is 18.2 Å². The van der Waals surface area contributed by atoms with Gasteiger partial charge in [-0.2, -0.15) is 5.10 Å². The van der Waals surface area contributed by atoms with Crippen molar-refractivity contribution >= 4 is 41.0 Å². The molecule has 0 fully saturated rings. The Balaban J connectivity index is 1.82. The molecule has 0 spiro atoms. The van der Waals surface area contributed by atoms with Gasteiger partial charge in [-0.05, 0) is 24.3 Å². The van der Waals surface area contributed by atoms with Gasteiger partial charge >= 0.3 is 0 Å². The number of hydrazone groups is 1. The number of ether oxygens (including phenoxy) is 1. The van der Waals surface area contributed by atoms with Crippen LogP contribution in [0.3, 0.4) is 0 Å². The summed E-state index contributed by atoms with van der Waals surface area (Å²) < 4.78 is 5.19. The molecule has 0 radical (unpaired) electrons. The number of nitrogens with zero attached hydrogens (tertiary/aromatic N) is 2. The predicted octanol–water partition coefficient (Wildman–Crippen LogP) is 3.43. The second-order valence-corrected chi connectivity index (χ2v) is 5.34. The third-order valence-corrected chi connectivity index (χ3v) is 3.34. The highest BCUT2D eigenvalue weighted by atomic mass is 35.5. The maximum atomic E-state index is 11.6. The van der Waals surface area contributed by atoms with E-state index in [4.69, 9.17) is 27.9 Å². The second kappa shape index (κ2) is 8.28. The van der Waals surface area contributed by atoms with E-state index in [0.29, 0.717) is 21.4 Å². The predicted molar refractivity (Wildman–Crippen MR) is 90.8 cm³/mol. The van der Waals surface area contributed by atoms with Crippen LogP contribution in [0.4, 0.5) is 5.69 Å². The molecule has 0 aliphatic rings. The second-order valence-electron chi connectivity index (χ2n) is 4.50. The van der Waals surface area contributed by atoms with Gasteiger partial charge in [-0.25, -0.2) is 5.43 Å². The largest absolute Gasteiger partial charge is 0.484 e. The summed E-state index contributed by atoms with van der Waals surface area (Å²) in [5.74, 6) is -0.157. The van der Waals surface area contributed by atoms with Crippen LogP contribution in [0.2, 0.25) is 10.0 Å². The Morgan fingerprint density at radius 1 is 1.25 bits per heavy atom. The number of carbonyl (C=O) groups is 1. The number of non-ortho nitro benzene ring substituents is 1. The maximum absolute atomic E-state index is 11.6. The topological polar surface area (TPSA) is 93.8 Å². The molecule has 1 amide bonds. The van der Waals surface area contributed by atoms with E-state index in [1.807, 2.05) is 0 Å². The lowest BCUT2D eigenvalue weighted by atomic mass is 10.2. The van der Waals surface area contributed by atoms with Crippen molar-refractivity contribution in [3.8, 4) is 5.75 Å². The molecule has 2 rings (SSSR count). The standard InChI is InChI=1S/C15H11Cl2N3O4/c16-11-2-1-10(14(17)7-11)8-18-19-15(21)9-24-13-5-3-12(4-6-13)20(22)23/h1-8H,9H2,(H,19,21)/b18-8+. The Labute approximate surface area is 147 Å². The highest BCUT2D eigenvalue weighted by Crippen LogP contribution is 2.19. The molecule has 0 aliphatic carbocycles. The lowest BCUT2D eigenvalue weighted by Crippen LogP contribution is -2.24. The van der Waals surface area contributed by atoms with Crippen molar-refractivity contribution in [1.82, 2.24) is 5.43 Å². The van der Waals surface area contributed by atoms with E-state index < -0.39 is 10.8 Å². The number of amides is 1. The Bertz CT molecular complexity index is 779. The van der Waals surface area contributed by atoms with Gasteiger partial charge in [-0.15, -0.1) is 0 Å². The molecule has 1 N–H and O–H groups in total. The van der Waals surface area contributed by atoms with E-state index in [9.17, 15) is 14.9 Å². The van der Waals surface area contributed by atoms with Crippen LogP contribution in [0.1, 0.15) is 5.56 Å². The van der Waals surface area contributed by atoms with Gasteiger partial charge in [0.1, 0.15) is 5.75 Å². The minimum absolute atomic E-state index is 0.0590. The lowest BCUT2D eigenvalue weighted by molar-refractivity contribution is -0.384. The van der Waals surface area contributed by atoms with Gasteiger partial charge in [0.2, 0.25) is 0 Å². The summed E-state index contributed by atoms with van der Waals surface area (Å²) in [4.78, 5) is 21.6. The summed E-state index contributed by atoms with van der Waals surface area (Å²) in [6.45, 7) is -0.288. The van der Waals surface area contributed by atoms with Crippen LogP contribution < -0.4 is 10.2 Å². The number of benzene rings is 2. The highest BCUT2D eigenvalue weighted by Gasteiger charge is 2.06. The van der Waals surface area contributed by atoms with Crippen molar-refractivity contribution in [3.63, 3.8) is 0 Å². The van der Waals surface area contributed by atoms with Crippen molar-refractivity contribution < 1.29 is 14.5 Å². The first-order valence-corrected chi connectivity index (χ1v) is 7.35. The fourth-order valence-corrected chi connectivity index (χ4v) is 2.08.